The number of guanidine groups is 1. The maximum absolute atomic E-state index is 12.0. The van der Waals surface area contributed by atoms with Crippen molar-refractivity contribution in [3.8, 4) is 0 Å². The average molecular weight is 396 g/mol. The average Bonchev–Trinajstić information content (AvgIpc) is 3.26. The first-order valence-electron chi connectivity index (χ1n) is 9.90. The molecule has 1 aromatic heterocycles. The summed E-state index contributed by atoms with van der Waals surface area (Å²) in [4.78, 5) is 24.4. The molecule has 1 aliphatic rings. The van der Waals surface area contributed by atoms with E-state index in [4.69, 9.17) is 9.73 Å². The van der Waals surface area contributed by atoms with Gasteiger partial charge in [0.05, 0.1) is 18.3 Å². The van der Waals surface area contributed by atoms with E-state index in [-0.39, 0.29) is 12.0 Å². The van der Waals surface area contributed by atoms with Gasteiger partial charge in [0.1, 0.15) is 9.88 Å². The number of esters is 1. The summed E-state index contributed by atoms with van der Waals surface area (Å²) in [6, 6.07) is -0.0367. The molecule has 1 saturated heterocycles. The fraction of sp³-hybridized carbons (Fsp3) is 0.737. The zero-order valence-electron chi connectivity index (χ0n) is 17.2. The topological polar surface area (TPSA) is 78.9 Å². The van der Waals surface area contributed by atoms with Crippen LogP contribution in [0, 0.1) is 12.8 Å². The quantitative estimate of drug-likeness (QED) is 0.400. The van der Waals surface area contributed by atoms with Crippen molar-refractivity contribution >= 4 is 23.3 Å². The zero-order valence-corrected chi connectivity index (χ0v) is 18.0. The van der Waals surface area contributed by atoms with Crippen LogP contribution < -0.4 is 10.6 Å². The number of carbonyl (C=O) groups excluding carboxylic acids is 1. The fourth-order valence-electron chi connectivity index (χ4n) is 3.14. The molecule has 7 nitrogen and oxygen atoms in total. The van der Waals surface area contributed by atoms with Gasteiger partial charge < -0.3 is 20.3 Å². The summed E-state index contributed by atoms with van der Waals surface area (Å²) in [6.07, 6.45) is 1.21. The number of hydrogen-bond acceptors (Lipinski definition) is 6. The van der Waals surface area contributed by atoms with E-state index in [9.17, 15) is 4.79 Å². The van der Waals surface area contributed by atoms with Gasteiger partial charge in [0.2, 0.25) is 0 Å². The number of aromatic nitrogens is 1. The molecule has 0 amide bonds. The van der Waals surface area contributed by atoms with Crippen molar-refractivity contribution in [2.24, 2.45) is 10.9 Å². The van der Waals surface area contributed by atoms with E-state index in [1.807, 2.05) is 20.8 Å². The maximum atomic E-state index is 12.0. The smallest absolute Gasteiger partial charge is 0.350 e. The van der Waals surface area contributed by atoms with Crippen LogP contribution in [-0.4, -0.2) is 61.1 Å². The number of carbonyl (C=O) groups is 1. The van der Waals surface area contributed by atoms with Crippen molar-refractivity contribution in [1.29, 1.82) is 0 Å². The molecule has 1 aromatic rings. The van der Waals surface area contributed by atoms with Crippen LogP contribution in [0.25, 0.3) is 0 Å². The molecule has 2 heterocycles. The molecule has 0 spiro atoms. The first-order valence-corrected chi connectivity index (χ1v) is 10.7. The van der Waals surface area contributed by atoms with Crippen molar-refractivity contribution in [3.05, 3.63) is 15.6 Å². The number of aryl methyl sites for hydroxylation is 1. The summed E-state index contributed by atoms with van der Waals surface area (Å²) < 4.78 is 5.11. The lowest BCUT2D eigenvalue weighted by Crippen LogP contribution is -2.39. The number of nitrogens with zero attached hydrogens (tertiary/aromatic N) is 3. The minimum atomic E-state index is -0.298. The standard InChI is InChI=1S/C19H33N5O2S/c1-6-20-19(21-11-15-9-10-24(7-2)12-15)23-14(5)17-22-13(4)16(27-17)18(25)26-8-3/h14-15H,6-12H2,1-5H3,(H2,20,21,23). The Morgan fingerprint density at radius 3 is 2.85 bits per heavy atom. The van der Waals surface area contributed by atoms with Gasteiger partial charge in [-0.3, -0.25) is 4.99 Å². The molecule has 8 heteroatoms. The molecule has 0 aromatic carbocycles. The number of rotatable bonds is 8. The molecule has 0 saturated carbocycles. The number of hydrogen-bond donors (Lipinski definition) is 2. The van der Waals surface area contributed by atoms with Gasteiger partial charge in [0, 0.05) is 19.6 Å². The highest BCUT2D eigenvalue weighted by molar-refractivity contribution is 7.13. The third-order valence-corrected chi connectivity index (χ3v) is 5.99. The van der Waals surface area contributed by atoms with Crippen LogP contribution in [0.1, 0.15) is 60.5 Å². The molecule has 2 rings (SSSR count). The second-order valence-corrected chi connectivity index (χ2v) is 7.85. The van der Waals surface area contributed by atoms with E-state index >= 15 is 0 Å². The van der Waals surface area contributed by atoms with Gasteiger partial charge in [-0.25, -0.2) is 9.78 Å². The fourth-order valence-corrected chi connectivity index (χ4v) is 4.11. The molecule has 0 bridgehead atoms. The highest BCUT2D eigenvalue weighted by atomic mass is 32.1. The van der Waals surface area contributed by atoms with E-state index in [0.29, 0.717) is 17.4 Å². The van der Waals surface area contributed by atoms with E-state index in [2.05, 4.69) is 34.4 Å². The second kappa shape index (κ2) is 10.6. The van der Waals surface area contributed by atoms with Gasteiger partial charge in [0.15, 0.2) is 5.96 Å². The molecule has 0 radical (unpaired) electrons. The molecule has 27 heavy (non-hydrogen) atoms. The summed E-state index contributed by atoms with van der Waals surface area (Å²) in [6.45, 7) is 15.4. The number of thiazole rings is 1. The Labute approximate surface area is 166 Å². The third-order valence-electron chi connectivity index (χ3n) is 4.67. The minimum Gasteiger partial charge on any atom is -0.462 e. The number of aliphatic imine (C=N–C) groups is 1. The summed E-state index contributed by atoms with van der Waals surface area (Å²) in [5.74, 6) is 1.12. The lowest BCUT2D eigenvalue weighted by molar-refractivity contribution is 0.0531. The van der Waals surface area contributed by atoms with Crippen LogP contribution in [0.3, 0.4) is 0 Å². The van der Waals surface area contributed by atoms with Crippen molar-refractivity contribution in [1.82, 2.24) is 20.5 Å². The second-order valence-electron chi connectivity index (χ2n) is 6.82. The first kappa shape index (κ1) is 21.6. The molecule has 0 aliphatic carbocycles. The Bertz CT molecular complexity index is 646. The lowest BCUT2D eigenvalue weighted by atomic mass is 10.1. The Kier molecular flexibility index (Phi) is 8.50. The number of ether oxygens (including phenoxy) is 1. The van der Waals surface area contributed by atoms with Gasteiger partial charge in [0.25, 0.3) is 0 Å². The van der Waals surface area contributed by atoms with E-state index in [1.54, 1.807) is 0 Å². The Morgan fingerprint density at radius 1 is 1.44 bits per heavy atom. The summed E-state index contributed by atoms with van der Waals surface area (Å²) >= 11 is 1.38. The zero-order chi connectivity index (χ0) is 19.8. The van der Waals surface area contributed by atoms with Gasteiger partial charge in [-0.05, 0) is 53.1 Å². The maximum Gasteiger partial charge on any atom is 0.350 e. The van der Waals surface area contributed by atoms with Gasteiger partial charge >= 0.3 is 5.97 Å². The van der Waals surface area contributed by atoms with Crippen LogP contribution in [-0.2, 0) is 4.74 Å². The highest BCUT2D eigenvalue weighted by Crippen LogP contribution is 2.24. The summed E-state index contributed by atoms with van der Waals surface area (Å²) in [5.41, 5.74) is 0.717. The van der Waals surface area contributed by atoms with Gasteiger partial charge in [-0.15, -0.1) is 11.3 Å². The Balaban J connectivity index is 1.99. The molecular formula is C19H33N5O2S. The SMILES string of the molecule is CCNC(=NCC1CCN(CC)C1)NC(C)c1nc(C)c(C(=O)OCC)s1. The van der Waals surface area contributed by atoms with Crippen molar-refractivity contribution < 1.29 is 9.53 Å². The molecule has 1 aliphatic heterocycles. The van der Waals surface area contributed by atoms with Crippen molar-refractivity contribution in [2.45, 2.75) is 47.1 Å². The van der Waals surface area contributed by atoms with Crippen molar-refractivity contribution in [2.75, 3.05) is 39.3 Å². The minimum absolute atomic E-state index is 0.0367. The lowest BCUT2D eigenvalue weighted by Gasteiger charge is -2.17. The molecule has 1 fully saturated rings. The molecule has 2 unspecified atom stereocenters. The van der Waals surface area contributed by atoms with Crippen LogP contribution in [0.15, 0.2) is 4.99 Å². The summed E-state index contributed by atoms with van der Waals surface area (Å²) in [7, 11) is 0. The van der Waals surface area contributed by atoms with E-state index in [1.165, 1.54) is 24.3 Å². The number of likely N-dealkylation sites (tertiary alicyclic amines) is 1. The first-order chi connectivity index (χ1) is 13.0. The molecule has 2 N–H and O–H groups in total. The molecule has 2 atom stereocenters. The Hall–Kier alpha value is -1.67. The van der Waals surface area contributed by atoms with E-state index in [0.717, 1.165) is 42.8 Å². The van der Waals surface area contributed by atoms with Crippen LogP contribution >= 0.6 is 11.3 Å². The van der Waals surface area contributed by atoms with Crippen molar-refractivity contribution in [3.63, 3.8) is 0 Å². The highest BCUT2D eigenvalue weighted by Gasteiger charge is 2.22. The normalized spacial score (nSPS) is 19.1. The Morgan fingerprint density at radius 2 is 2.22 bits per heavy atom. The molecular weight excluding hydrogens is 362 g/mol. The predicted octanol–water partition coefficient (Wildman–Crippen LogP) is 2.59. The van der Waals surface area contributed by atoms with Crippen LogP contribution in [0.4, 0.5) is 0 Å². The third kappa shape index (κ3) is 6.17. The van der Waals surface area contributed by atoms with Gasteiger partial charge in [-0.1, -0.05) is 6.92 Å². The van der Waals surface area contributed by atoms with Crippen LogP contribution in [0.2, 0.25) is 0 Å². The van der Waals surface area contributed by atoms with E-state index < -0.39 is 0 Å². The summed E-state index contributed by atoms with van der Waals surface area (Å²) in [5, 5.41) is 7.58. The predicted molar refractivity (Wildman–Crippen MR) is 111 cm³/mol. The molecule has 152 valence electrons. The largest absolute Gasteiger partial charge is 0.462 e. The monoisotopic (exact) mass is 395 g/mol. The van der Waals surface area contributed by atoms with Gasteiger partial charge in [-0.2, -0.15) is 0 Å². The number of nitrogens with one attached hydrogen (secondary N) is 2. The van der Waals surface area contributed by atoms with Crippen LogP contribution in [0.5, 0.6) is 0 Å².